The Labute approximate surface area is 157 Å². The van der Waals surface area contributed by atoms with Crippen LogP contribution in [0.25, 0.3) is 11.0 Å². The molecule has 0 spiro atoms. The van der Waals surface area contributed by atoms with Crippen LogP contribution in [0.5, 0.6) is 0 Å². The maximum Gasteiger partial charge on any atom is 0.330 e. The average Bonchev–Trinajstić information content (AvgIpc) is 3.15. The van der Waals surface area contributed by atoms with E-state index in [2.05, 4.69) is 27.8 Å². The highest BCUT2D eigenvalue weighted by molar-refractivity contribution is 8.09. The number of thioether (sulfide) groups is 1. The number of carbonyl (C=O) groups is 1. The van der Waals surface area contributed by atoms with Crippen LogP contribution in [0, 0.1) is 0 Å². The van der Waals surface area contributed by atoms with E-state index in [0.29, 0.717) is 6.61 Å². The zero-order valence-electron chi connectivity index (χ0n) is 14.5. The topological polar surface area (TPSA) is 63.2 Å². The fourth-order valence-electron chi connectivity index (χ4n) is 2.49. The van der Waals surface area contributed by atoms with Gasteiger partial charge in [0.2, 0.25) is 0 Å². The molecule has 134 valence electrons. The summed E-state index contributed by atoms with van der Waals surface area (Å²) < 4.78 is 4.90. The Kier molecular flexibility index (Phi) is 6.46. The lowest BCUT2D eigenvalue weighted by atomic mass is 10.1. The summed E-state index contributed by atoms with van der Waals surface area (Å²) in [5.41, 5.74) is 3.40. The SMILES string of the molecule is CCOC(=O)/C=C/c1cccc(CNC2NC=C(c3ccncc3)S2)c1. The van der Waals surface area contributed by atoms with Crippen molar-refractivity contribution >= 4 is 28.7 Å². The fraction of sp³-hybridized carbons (Fsp3) is 0.200. The molecule has 0 aliphatic carbocycles. The molecule has 0 saturated carbocycles. The van der Waals surface area contributed by atoms with Gasteiger partial charge in [0.1, 0.15) is 5.50 Å². The van der Waals surface area contributed by atoms with Crippen molar-refractivity contribution in [2.45, 2.75) is 19.0 Å². The summed E-state index contributed by atoms with van der Waals surface area (Å²) in [7, 11) is 0. The van der Waals surface area contributed by atoms with Gasteiger partial charge >= 0.3 is 5.97 Å². The molecule has 6 heteroatoms. The Morgan fingerprint density at radius 2 is 2.19 bits per heavy atom. The molecule has 0 amide bonds. The molecule has 0 bridgehead atoms. The predicted molar refractivity (Wildman–Crippen MR) is 106 cm³/mol. The Morgan fingerprint density at radius 3 is 3.00 bits per heavy atom. The Hall–Kier alpha value is -2.57. The molecule has 2 N–H and O–H groups in total. The van der Waals surface area contributed by atoms with Crippen LogP contribution < -0.4 is 10.6 Å². The number of ether oxygens (including phenoxy) is 1. The van der Waals surface area contributed by atoms with Crippen LogP contribution >= 0.6 is 11.8 Å². The van der Waals surface area contributed by atoms with Crippen molar-refractivity contribution in [1.29, 1.82) is 0 Å². The van der Waals surface area contributed by atoms with Crippen LogP contribution in [0.3, 0.4) is 0 Å². The third kappa shape index (κ3) is 5.21. The van der Waals surface area contributed by atoms with Gasteiger partial charge in [-0.05, 0) is 41.8 Å². The number of nitrogens with one attached hydrogen (secondary N) is 2. The normalized spacial score (nSPS) is 16.3. The van der Waals surface area contributed by atoms with E-state index >= 15 is 0 Å². The first kappa shape index (κ1) is 18.2. The van der Waals surface area contributed by atoms with E-state index in [9.17, 15) is 4.79 Å². The summed E-state index contributed by atoms with van der Waals surface area (Å²) in [4.78, 5) is 16.6. The second-order valence-electron chi connectivity index (χ2n) is 5.62. The van der Waals surface area contributed by atoms with Crippen molar-refractivity contribution in [2.24, 2.45) is 0 Å². The molecule has 26 heavy (non-hydrogen) atoms. The number of rotatable bonds is 7. The minimum atomic E-state index is -0.322. The molecule has 2 aromatic rings. The molecule has 3 rings (SSSR count). The van der Waals surface area contributed by atoms with Crippen molar-refractivity contribution in [2.75, 3.05) is 6.61 Å². The van der Waals surface area contributed by atoms with Gasteiger partial charge in [-0.3, -0.25) is 10.3 Å². The number of nitrogens with zero attached hydrogens (tertiary/aromatic N) is 1. The van der Waals surface area contributed by atoms with Crippen LogP contribution in [0.4, 0.5) is 0 Å². The third-order valence-electron chi connectivity index (χ3n) is 3.72. The smallest absolute Gasteiger partial charge is 0.330 e. The lowest BCUT2D eigenvalue weighted by Crippen LogP contribution is -2.33. The van der Waals surface area contributed by atoms with E-state index in [0.717, 1.165) is 23.2 Å². The van der Waals surface area contributed by atoms with E-state index in [1.807, 2.05) is 30.5 Å². The molecule has 1 aromatic heterocycles. The van der Waals surface area contributed by atoms with E-state index in [1.165, 1.54) is 11.0 Å². The molecular formula is C20H21N3O2S. The fourth-order valence-corrected chi connectivity index (χ4v) is 3.45. The Morgan fingerprint density at radius 1 is 1.35 bits per heavy atom. The molecular weight excluding hydrogens is 346 g/mol. The van der Waals surface area contributed by atoms with E-state index in [1.54, 1.807) is 37.2 Å². The van der Waals surface area contributed by atoms with Crippen molar-refractivity contribution in [3.8, 4) is 0 Å². The van der Waals surface area contributed by atoms with E-state index < -0.39 is 0 Å². The van der Waals surface area contributed by atoms with Crippen molar-refractivity contribution in [1.82, 2.24) is 15.6 Å². The summed E-state index contributed by atoms with van der Waals surface area (Å²) in [6, 6.07) is 12.1. The first-order valence-corrected chi connectivity index (χ1v) is 9.33. The number of hydrogen-bond donors (Lipinski definition) is 2. The molecule has 2 heterocycles. The van der Waals surface area contributed by atoms with Crippen LogP contribution in [0.1, 0.15) is 23.6 Å². The molecule has 0 fully saturated rings. The number of carbonyl (C=O) groups excluding carboxylic acids is 1. The molecule has 0 radical (unpaired) electrons. The van der Waals surface area contributed by atoms with Gasteiger partial charge in [-0.2, -0.15) is 0 Å². The Balaban J connectivity index is 1.51. The quantitative estimate of drug-likeness (QED) is 0.578. The molecule has 1 aliphatic rings. The minimum Gasteiger partial charge on any atom is -0.463 e. The standard InChI is InChI=1S/C20H21N3O2S/c1-2-25-19(24)7-6-15-4-3-5-16(12-15)13-22-20-23-14-18(26-20)17-8-10-21-11-9-17/h3-12,14,20,22-23H,2,13H2,1H3/b7-6+. The second-order valence-corrected chi connectivity index (χ2v) is 6.77. The van der Waals surface area contributed by atoms with Crippen molar-refractivity contribution in [3.05, 3.63) is 77.8 Å². The number of pyridine rings is 1. The summed E-state index contributed by atoms with van der Waals surface area (Å²) in [6.45, 7) is 2.90. The third-order valence-corrected chi connectivity index (χ3v) is 4.86. The number of aromatic nitrogens is 1. The van der Waals surface area contributed by atoms with Gasteiger partial charge in [-0.15, -0.1) is 0 Å². The summed E-state index contributed by atoms with van der Waals surface area (Å²) in [5.74, 6) is -0.322. The van der Waals surface area contributed by atoms with Crippen LogP contribution in [-0.2, 0) is 16.1 Å². The van der Waals surface area contributed by atoms with Gasteiger partial charge in [0.25, 0.3) is 0 Å². The highest BCUT2D eigenvalue weighted by atomic mass is 32.2. The van der Waals surface area contributed by atoms with Crippen LogP contribution in [-0.4, -0.2) is 23.1 Å². The van der Waals surface area contributed by atoms with Crippen molar-refractivity contribution in [3.63, 3.8) is 0 Å². The number of hydrogen-bond acceptors (Lipinski definition) is 6. The highest BCUT2D eigenvalue weighted by Crippen LogP contribution is 2.32. The predicted octanol–water partition coefficient (Wildman–Crippen LogP) is 3.37. The van der Waals surface area contributed by atoms with E-state index in [4.69, 9.17) is 4.74 Å². The summed E-state index contributed by atoms with van der Waals surface area (Å²) in [6.07, 6.45) is 8.85. The van der Waals surface area contributed by atoms with Gasteiger partial charge in [0.15, 0.2) is 0 Å². The maximum atomic E-state index is 11.4. The molecule has 0 saturated heterocycles. The van der Waals surface area contributed by atoms with Crippen LogP contribution in [0.2, 0.25) is 0 Å². The molecule has 5 nitrogen and oxygen atoms in total. The number of benzene rings is 1. The first-order chi connectivity index (χ1) is 12.7. The molecule has 1 aliphatic heterocycles. The maximum absolute atomic E-state index is 11.4. The lowest BCUT2D eigenvalue weighted by molar-refractivity contribution is -0.137. The van der Waals surface area contributed by atoms with Crippen molar-refractivity contribution < 1.29 is 9.53 Å². The van der Waals surface area contributed by atoms with E-state index in [-0.39, 0.29) is 11.5 Å². The zero-order chi connectivity index (χ0) is 18.2. The Bertz CT molecular complexity index is 806. The zero-order valence-corrected chi connectivity index (χ0v) is 15.3. The van der Waals surface area contributed by atoms with Crippen LogP contribution in [0.15, 0.2) is 61.1 Å². The highest BCUT2D eigenvalue weighted by Gasteiger charge is 2.17. The summed E-state index contributed by atoms with van der Waals surface area (Å²) >= 11 is 1.74. The first-order valence-electron chi connectivity index (χ1n) is 8.45. The van der Waals surface area contributed by atoms with Gasteiger partial charge in [0, 0.05) is 36.1 Å². The van der Waals surface area contributed by atoms with Gasteiger partial charge in [0.05, 0.1) is 6.61 Å². The largest absolute Gasteiger partial charge is 0.463 e. The second kappa shape index (κ2) is 9.22. The summed E-state index contributed by atoms with van der Waals surface area (Å²) in [5, 5.41) is 6.82. The molecule has 1 atom stereocenters. The molecule has 1 aromatic carbocycles. The average molecular weight is 367 g/mol. The van der Waals surface area contributed by atoms with Gasteiger partial charge in [-0.25, -0.2) is 4.79 Å². The van der Waals surface area contributed by atoms with Gasteiger partial charge < -0.3 is 10.1 Å². The monoisotopic (exact) mass is 367 g/mol. The lowest BCUT2D eigenvalue weighted by Gasteiger charge is -2.13. The number of esters is 1. The molecule has 1 unspecified atom stereocenters. The van der Waals surface area contributed by atoms with Gasteiger partial charge in [-0.1, -0.05) is 36.0 Å². The minimum absolute atomic E-state index is 0.122.